The molecule has 0 aliphatic heterocycles. The monoisotopic (exact) mass is 516 g/mol. The van der Waals surface area contributed by atoms with Gasteiger partial charge in [0.25, 0.3) is 0 Å². The molecular weight excluding hydrogens is 477 g/mol. The first-order valence-corrected chi connectivity index (χ1v) is 12.1. The lowest BCUT2D eigenvalue weighted by Gasteiger charge is -2.26. The zero-order valence-corrected chi connectivity index (χ0v) is 22.3. The number of esters is 1. The van der Waals surface area contributed by atoms with Crippen molar-refractivity contribution in [2.24, 2.45) is 0 Å². The van der Waals surface area contributed by atoms with Crippen molar-refractivity contribution in [1.29, 1.82) is 0 Å². The fourth-order valence-electron chi connectivity index (χ4n) is 2.34. The standard InChI is InChI=1S/C22H39F3N2O6S/c1-19(2,3)31-16(28)14(26-17(29)32-20(4,5)6)10-12-34-13-11-15(22(23,24)25)27-18(30)33-21(7,8)9/h14-15H,10-13H2,1-9H3,(H,26,29)(H,27,30)/t14-,15?/m0/s1. The van der Waals surface area contributed by atoms with Gasteiger partial charge in [-0.2, -0.15) is 24.9 Å². The van der Waals surface area contributed by atoms with E-state index in [4.69, 9.17) is 14.2 Å². The Morgan fingerprint density at radius 1 is 0.706 bits per heavy atom. The minimum atomic E-state index is -4.64. The Bertz CT molecular complexity index is 682. The molecule has 0 saturated carbocycles. The first-order chi connectivity index (χ1) is 15.1. The first kappa shape index (κ1) is 32.1. The minimum Gasteiger partial charge on any atom is -0.458 e. The van der Waals surface area contributed by atoms with Crippen LogP contribution in [0.25, 0.3) is 0 Å². The summed E-state index contributed by atoms with van der Waals surface area (Å²) in [6, 6.07) is -3.10. The molecule has 0 aliphatic carbocycles. The molecule has 8 nitrogen and oxygen atoms in total. The summed E-state index contributed by atoms with van der Waals surface area (Å²) in [6.45, 7) is 14.7. The van der Waals surface area contributed by atoms with Crippen LogP contribution in [0, 0.1) is 0 Å². The normalized spacial score (nSPS) is 14.6. The van der Waals surface area contributed by atoms with Gasteiger partial charge >= 0.3 is 24.3 Å². The van der Waals surface area contributed by atoms with Crippen molar-refractivity contribution >= 4 is 29.9 Å². The van der Waals surface area contributed by atoms with Crippen LogP contribution in [-0.2, 0) is 19.0 Å². The molecule has 0 fully saturated rings. The van der Waals surface area contributed by atoms with Crippen molar-refractivity contribution in [1.82, 2.24) is 10.6 Å². The van der Waals surface area contributed by atoms with Gasteiger partial charge in [0.05, 0.1) is 0 Å². The van der Waals surface area contributed by atoms with E-state index in [1.807, 2.05) is 5.32 Å². The molecule has 0 aliphatic rings. The van der Waals surface area contributed by atoms with Crippen molar-refractivity contribution in [3.05, 3.63) is 0 Å². The third-order valence-electron chi connectivity index (χ3n) is 3.57. The number of nitrogens with one attached hydrogen (secondary N) is 2. The number of hydrogen-bond acceptors (Lipinski definition) is 7. The number of rotatable bonds is 9. The van der Waals surface area contributed by atoms with E-state index in [0.29, 0.717) is 0 Å². The SMILES string of the molecule is CC(C)(C)OC(=O)NC(CCSCC[C@H](NC(=O)OC(C)(C)C)C(=O)OC(C)(C)C)C(F)(F)F. The van der Waals surface area contributed by atoms with E-state index >= 15 is 0 Å². The summed E-state index contributed by atoms with van der Waals surface area (Å²) < 4.78 is 55.3. The smallest absolute Gasteiger partial charge is 0.408 e. The molecule has 0 radical (unpaired) electrons. The largest absolute Gasteiger partial charge is 0.458 e. The fraction of sp³-hybridized carbons (Fsp3) is 0.864. The minimum absolute atomic E-state index is 0.0491. The van der Waals surface area contributed by atoms with Crippen LogP contribution in [-0.4, -0.2) is 64.7 Å². The molecule has 200 valence electrons. The van der Waals surface area contributed by atoms with E-state index in [9.17, 15) is 27.6 Å². The maximum atomic E-state index is 13.3. The molecule has 0 heterocycles. The van der Waals surface area contributed by atoms with Gasteiger partial charge in [-0.15, -0.1) is 0 Å². The molecule has 1 unspecified atom stereocenters. The molecule has 0 bridgehead atoms. The predicted octanol–water partition coefficient (Wildman–Crippen LogP) is 5.19. The van der Waals surface area contributed by atoms with E-state index < -0.39 is 53.2 Å². The second-order valence-corrected chi connectivity index (χ2v) is 11.9. The molecule has 0 aromatic rings. The van der Waals surface area contributed by atoms with Gasteiger partial charge in [0, 0.05) is 0 Å². The van der Waals surface area contributed by atoms with Crippen molar-refractivity contribution in [2.45, 2.75) is 110 Å². The molecule has 2 N–H and O–H groups in total. The summed E-state index contributed by atoms with van der Waals surface area (Å²) >= 11 is 1.15. The highest BCUT2D eigenvalue weighted by atomic mass is 32.2. The van der Waals surface area contributed by atoms with Crippen LogP contribution in [0.15, 0.2) is 0 Å². The van der Waals surface area contributed by atoms with Gasteiger partial charge in [-0.3, -0.25) is 0 Å². The van der Waals surface area contributed by atoms with Crippen LogP contribution in [0.1, 0.15) is 75.2 Å². The van der Waals surface area contributed by atoms with Gasteiger partial charge < -0.3 is 24.8 Å². The average Bonchev–Trinajstić information content (AvgIpc) is 2.53. The zero-order valence-electron chi connectivity index (χ0n) is 21.5. The first-order valence-electron chi connectivity index (χ1n) is 11.0. The van der Waals surface area contributed by atoms with Crippen molar-refractivity contribution in [3.63, 3.8) is 0 Å². The summed E-state index contributed by atoms with van der Waals surface area (Å²) in [7, 11) is 0. The van der Waals surface area contributed by atoms with Crippen molar-refractivity contribution in [3.8, 4) is 0 Å². The lowest BCUT2D eigenvalue weighted by molar-refractivity contribution is -0.157. The highest BCUT2D eigenvalue weighted by Crippen LogP contribution is 2.25. The quantitative estimate of drug-likeness (QED) is 0.247. The van der Waals surface area contributed by atoms with E-state index in [1.165, 1.54) is 0 Å². The number of hydrogen-bond donors (Lipinski definition) is 2. The molecule has 2 atom stereocenters. The van der Waals surface area contributed by atoms with Crippen molar-refractivity contribution in [2.75, 3.05) is 11.5 Å². The lowest BCUT2D eigenvalue weighted by atomic mass is 10.1. The summed E-state index contributed by atoms with van der Waals surface area (Å²) in [5.41, 5.74) is -2.48. The Hall–Kier alpha value is -1.85. The lowest BCUT2D eigenvalue weighted by Crippen LogP contribution is -2.47. The Morgan fingerprint density at radius 2 is 1.12 bits per heavy atom. The molecular formula is C22H39F3N2O6S. The predicted molar refractivity (Wildman–Crippen MR) is 125 cm³/mol. The number of carbonyl (C=O) groups excluding carboxylic acids is 3. The fourth-order valence-corrected chi connectivity index (χ4v) is 3.35. The molecule has 0 aromatic carbocycles. The topological polar surface area (TPSA) is 103 Å². The zero-order chi connectivity index (χ0) is 27.0. The summed E-state index contributed by atoms with van der Waals surface area (Å²) in [5, 5.41) is 4.32. The second kappa shape index (κ2) is 12.7. The third-order valence-corrected chi connectivity index (χ3v) is 4.62. The highest BCUT2D eigenvalue weighted by molar-refractivity contribution is 7.99. The maximum Gasteiger partial charge on any atom is 0.408 e. The van der Waals surface area contributed by atoms with Gasteiger partial charge in [-0.1, -0.05) is 0 Å². The van der Waals surface area contributed by atoms with Gasteiger partial charge in [0.2, 0.25) is 0 Å². The Labute approximate surface area is 204 Å². The van der Waals surface area contributed by atoms with Gasteiger partial charge in [-0.05, 0) is 86.7 Å². The molecule has 0 saturated heterocycles. The van der Waals surface area contributed by atoms with Gasteiger partial charge in [0.15, 0.2) is 0 Å². The van der Waals surface area contributed by atoms with Crippen LogP contribution >= 0.6 is 11.8 Å². The number of carbonyl (C=O) groups is 3. The molecule has 0 aromatic heterocycles. The Morgan fingerprint density at radius 3 is 1.53 bits per heavy atom. The maximum absolute atomic E-state index is 13.3. The molecule has 34 heavy (non-hydrogen) atoms. The second-order valence-electron chi connectivity index (χ2n) is 10.7. The van der Waals surface area contributed by atoms with Crippen LogP contribution in [0.4, 0.5) is 22.8 Å². The van der Waals surface area contributed by atoms with E-state index in [0.717, 1.165) is 11.8 Å². The number of amides is 2. The number of ether oxygens (including phenoxy) is 3. The van der Waals surface area contributed by atoms with Gasteiger partial charge in [0.1, 0.15) is 28.9 Å². The molecule has 2 amide bonds. The Kier molecular flexibility index (Phi) is 12.0. The average molecular weight is 517 g/mol. The molecule has 0 spiro atoms. The van der Waals surface area contributed by atoms with E-state index in [2.05, 4.69) is 5.32 Å². The summed E-state index contributed by atoms with van der Waals surface area (Å²) in [4.78, 5) is 36.3. The highest BCUT2D eigenvalue weighted by Gasteiger charge is 2.41. The van der Waals surface area contributed by atoms with Crippen LogP contribution in [0.3, 0.4) is 0 Å². The summed E-state index contributed by atoms with van der Waals surface area (Å²) in [6.07, 6.45) is -6.85. The van der Waals surface area contributed by atoms with Gasteiger partial charge in [-0.25, -0.2) is 14.4 Å². The Balaban J connectivity index is 4.90. The number of halogens is 3. The van der Waals surface area contributed by atoms with E-state index in [1.54, 1.807) is 62.3 Å². The van der Waals surface area contributed by atoms with Crippen molar-refractivity contribution < 1.29 is 41.8 Å². The number of alkyl halides is 3. The van der Waals surface area contributed by atoms with Crippen LogP contribution < -0.4 is 10.6 Å². The third kappa shape index (κ3) is 16.7. The summed E-state index contributed by atoms with van der Waals surface area (Å²) in [5.74, 6) is -0.358. The van der Waals surface area contributed by atoms with Crippen LogP contribution in [0.5, 0.6) is 0 Å². The van der Waals surface area contributed by atoms with Crippen LogP contribution in [0.2, 0.25) is 0 Å². The number of thioether (sulfide) groups is 1. The molecule has 12 heteroatoms. The number of alkyl carbamates (subject to hydrolysis) is 2. The molecule has 0 rings (SSSR count). The van der Waals surface area contributed by atoms with E-state index in [-0.39, 0.29) is 24.3 Å².